The number of nitro groups is 1. The Kier molecular flexibility index (Phi) is 5.14. The monoisotopic (exact) mass is 373 g/mol. The van der Waals surface area contributed by atoms with Gasteiger partial charge in [0.15, 0.2) is 0 Å². The molecule has 0 spiro atoms. The minimum atomic E-state index is -0.512. The van der Waals surface area contributed by atoms with E-state index in [1.54, 1.807) is 12.1 Å². The normalized spacial score (nSPS) is 10.4. The zero-order valence-electron chi connectivity index (χ0n) is 10.7. The van der Waals surface area contributed by atoms with E-state index in [1.165, 1.54) is 24.3 Å². The van der Waals surface area contributed by atoms with Gasteiger partial charge in [0.1, 0.15) is 18.2 Å². The molecule has 4 nitrogen and oxygen atoms in total. The number of halogens is 3. The first-order chi connectivity index (χ1) is 10.0. The number of ether oxygens (including phenoxy) is 1. The lowest BCUT2D eigenvalue weighted by Crippen LogP contribution is -2.00. The third-order valence-corrected chi connectivity index (χ3v) is 3.84. The van der Waals surface area contributed by atoms with E-state index in [1.807, 2.05) is 0 Å². The molecule has 0 saturated heterocycles. The first-order valence-electron chi connectivity index (χ1n) is 5.92. The second kappa shape index (κ2) is 6.87. The van der Waals surface area contributed by atoms with Crippen LogP contribution in [0, 0.1) is 15.9 Å². The van der Waals surface area contributed by atoms with E-state index in [9.17, 15) is 14.5 Å². The molecule has 0 bridgehead atoms. The van der Waals surface area contributed by atoms with E-state index in [-0.39, 0.29) is 17.3 Å². The van der Waals surface area contributed by atoms with E-state index >= 15 is 0 Å². The highest BCUT2D eigenvalue weighted by molar-refractivity contribution is 9.08. The molecule has 0 unspecified atom stereocenters. The Balaban J connectivity index is 2.20. The average Bonchev–Trinajstić information content (AvgIpc) is 2.48. The fraction of sp³-hybridized carbons (Fsp3) is 0.143. The topological polar surface area (TPSA) is 52.4 Å². The van der Waals surface area contributed by atoms with Crippen molar-refractivity contribution in [3.05, 3.63) is 68.5 Å². The Morgan fingerprint density at radius 2 is 2.05 bits per heavy atom. The molecule has 0 aliphatic rings. The maximum atomic E-state index is 13.3. The van der Waals surface area contributed by atoms with Crippen LogP contribution in [0.3, 0.4) is 0 Å². The molecule has 0 aliphatic carbocycles. The third kappa shape index (κ3) is 3.71. The molecule has 2 aromatic rings. The highest BCUT2D eigenvalue weighted by atomic mass is 79.9. The van der Waals surface area contributed by atoms with Crippen molar-refractivity contribution in [2.75, 3.05) is 0 Å². The van der Waals surface area contributed by atoms with Crippen LogP contribution in [0.1, 0.15) is 11.1 Å². The lowest BCUT2D eigenvalue weighted by atomic mass is 10.2. The summed E-state index contributed by atoms with van der Waals surface area (Å²) >= 11 is 9.10. The van der Waals surface area contributed by atoms with Crippen molar-refractivity contribution in [1.29, 1.82) is 0 Å². The minimum Gasteiger partial charge on any atom is -0.489 e. The molecule has 0 fully saturated rings. The van der Waals surface area contributed by atoms with Gasteiger partial charge in [-0.1, -0.05) is 39.7 Å². The molecule has 0 amide bonds. The average molecular weight is 375 g/mol. The van der Waals surface area contributed by atoms with Crippen molar-refractivity contribution in [2.24, 2.45) is 0 Å². The van der Waals surface area contributed by atoms with Crippen molar-refractivity contribution in [2.45, 2.75) is 11.9 Å². The Hall–Kier alpha value is -1.66. The highest BCUT2D eigenvalue weighted by Crippen LogP contribution is 2.28. The van der Waals surface area contributed by atoms with Gasteiger partial charge >= 0.3 is 0 Å². The third-order valence-electron chi connectivity index (χ3n) is 2.81. The number of nitrogens with zero attached hydrogens (tertiary/aromatic N) is 1. The summed E-state index contributed by atoms with van der Waals surface area (Å²) < 4.78 is 18.9. The van der Waals surface area contributed by atoms with Gasteiger partial charge in [-0.25, -0.2) is 4.39 Å². The highest BCUT2D eigenvalue weighted by Gasteiger charge is 2.12. The van der Waals surface area contributed by atoms with Crippen molar-refractivity contribution in [3.8, 4) is 5.75 Å². The summed E-state index contributed by atoms with van der Waals surface area (Å²) in [6, 6.07) is 8.77. The Bertz CT molecular complexity index is 681. The van der Waals surface area contributed by atoms with Crippen LogP contribution in [-0.4, -0.2) is 4.92 Å². The van der Waals surface area contributed by atoms with E-state index in [0.717, 1.165) is 0 Å². The minimum absolute atomic E-state index is 0.0133. The summed E-state index contributed by atoms with van der Waals surface area (Å²) in [5, 5.41) is 11.1. The Morgan fingerprint density at radius 1 is 1.29 bits per heavy atom. The molecule has 0 saturated carbocycles. The second-order valence-electron chi connectivity index (χ2n) is 4.18. The fourth-order valence-corrected chi connectivity index (χ4v) is 2.36. The second-order valence-corrected chi connectivity index (χ2v) is 5.12. The summed E-state index contributed by atoms with van der Waals surface area (Å²) in [5.74, 6) is -0.0278. The number of benzene rings is 2. The molecule has 0 aliphatic heterocycles. The predicted octanol–water partition coefficient (Wildman–Crippen LogP) is 4.86. The van der Waals surface area contributed by atoms with Crippen molar-refractivity contribution >= 4 is 33.2 Å². The van der Waals surface area contributed by atoms with Gasteiger partial charge in [0.25, 0.3) is 5.69 Å². The van der Waals surface area contributed by atoms with Gasteiger partial charge in [0, 0.05) is 28.6 Å². The first-order valence-corrected chi connectivity index (χ1v) is 7.42. The van der Waals surface area contributed by atoms with Crippen LogP contribution in [0.4, 0.5) is 10.1 Å². The number of hydrogen-bond donors (Lipinski definition) is 0. The summed E-state index contributed by atoms with van der Waals surface area (Å²) in [5.41, 5.74) is 1.13. The van der Waals surface area contributed by atoms with Crippen molar-refractivity contribution < 1.29 is 14.1 Å². The molecule has 0 atom stereocenters. The van der Waals surface area contributed by atoms with Gasteiger partial charge in [-0.05, 0) is 12.1 Å². The maximum Gasteiger partial charge on any atom is 0.270 e. The number of hydrogen-bond acceptors (Lipinski definition) is 3. The summed E-state index contributed by atoms with van der Waals surface area (Å²) in [4.78, 5) is 10.3. The largest absolute Gasteiger partial charge is 0.489 e. The molecular weight excluding hydrogens is 365 g/mol. The molecule has 0 heterocycles. The van der Waals surface area contributed by atoms with Crippen LogP contribution < -0.4 is 4.74 Å². The molecular formula is C14H10BrClFNO3. The molecule has 2 aromatic carbocycles. The standard InChI is InChI=1S/C14H10BrClFNO3/c15-7-10-6-11(18(19)20)4-5-13(10)21-8-9-2-1-3-12(17)14(9)16/h1-6H,7-8H2. The van der Waals surface area contributed by atoms with Crippen LogP contribution in [0.15, 0.2) is 36.4 Å². The Morgan fingerprint density at radius 3 is 2.71 bits per heavy atom. The van der Waals surface area contributed by atoms with Crippen LogP contribution in [0.2, 0.25) is 5.02 Å². The smallest absolute Gasteiger partial charge is 0.270 e. The fourth-order valence-electron chi connectivity index (χ4n) is 1.74. The van der Waals surface area contributed by atoms with Crippen molar-refractivity contribution in [1.82, 2.24) is 0 Å². The van der Waals surface area contributed by atoms with Gasteiger partial charge in [0.2, 0.25) is 0 Å². The predicted molar refractivity (Wildman–Crippen MR) is 81.5 cm³/mol. The Labute approximate surface area is 133 Å². The molecule has 0 aromatic heterocycles. The van der Waals surface area contributed by atoms with Gasteiger partial charge in [-0.2, -0.15) is 0 Å². The molecule has 0 N–H and O–H groups in total. The van der Waals surface area contributed by atoms with E-state index in [4.69, 9.17) is 16.3 Å². The number of nitro benzene ring substituents is 1. The lowest BCUT2D eigenvalue weighted by molar-refractivity contribution is -0.384. The quantitative estimate of drug-likeness (QED) is 0.426. The molecule has 0 radical (unpaired) electrons. The van der Waals surface area contributed by atoms with E-state index in [0.29, 0.717) is 22.2 Å². The molecule has 110 valence electrons. The van der Waals surface area contributed by atoms with Gasteiger partial charge in [-0.3, -0.25) is 10.1 Å². The number of alkyl halides is 1. The van der Waals surface area contributed by atoms with Gasteiger partial charge in [0.05, 0.1) is 9.95 Å². The zero-order chi connectivity index (χ0) is 15.4. The number of rotatable bonds is 5. The van der Waals surface area contributed by atoms with Crippen molar-refractivity contribution in [3.63, 3.8) is 0 Å². The first kappa shape index (κ1) is 15.7. The zero-order valence-corrected chi connectivity index (χ0v) is 13.0. The SMILES string of the molecule is O=[N+]([O-])c1ccc(OCc2cccc(F)c2Cl)c(CBr)c1. The van der Waals surface area contributed by atoms with E-state index < -0.39 is 10.7 Å². The lowest BCUT2D eigenvalue weighted by Gasteiger charge is -2.11. The summed E-state index contributed by atoms with van der Waals surface area (Å²) in [6.07, 6.45) is 0. The molecule has 2 rings (SSSR count). The van der Waals surface area contributed by atoms with Crippen LogP contribution in [0.25, 0.3) is 0 Å². The van der Waals surface area contributed by atoms with Crippen LogP contribution in [0.5, 0.6) is 5.75 Å². The van der Waals surface area contributed by atoms with Crippen LogP contribution in [-0.2, 0) is 11.9 Å². The maximum absolute atomic E-state index is 13.3. The summed E-state index contributed by atoms with van der Waals surface area (Å²) in [7, 11) is 0. The summed E-state index contributed by atoms with van der Waals surface area (Å²) in [6.45, 7) is 0.0778. The number of non-ortho nitro benzene ring substituents is 1. The molecule has 7 heteroatoms. The van der Waals surface area contributed by atoms with E-state index in [2.05, 4.69) is 15.9 Å². The van der Waals surface area contributed by atoms with Crippen LogP contribution >= 0.6 is 27.5 Å². The molecule has 21 heavy (non-hydrogen) atoms. The van der Waals surface area contributed by atoms with Gasteiger partial charge < -0.3 is 4.74 Å². The van der Waals surface area contributed by atoms with Gasteiger partial charge in [-0.15, -0.1) is 0 Å².